The number of aliphatic hydroxyl groups excluding tert-OH is 1. The minimum atomic E-state index is 0.122. The maximum atomic E-state index is 9.04. The Morgan fingerprint density at radius 2 is 2.21 bits per heavy atom. The number of thiophene rings is 1. The third-order valence-electron chi connectivity index (χ3n) is 2.71. The van der Waals surface area contributed by atoms with Crippen molar-refractivity contribution < 1.29 is 9.52 Å². The summed E-state index contributed by atoms with van der Waals surface area (Å²) >= 11 is 4.97. The predicted molar refractivity (Wildman–Crippen MR) is 77.9 cm³/mol. The molecule has 0 fully saturated rings. The molecule has 0 spiro atoms. The van der Waals surface area contributed by atoms with Crippen LogP contribution in [0.2, 0.25) is 0 Å². The van der Waals surface area contributed by atoms with E-state index in [1.54, 1.807) is 11.3 Å². The van der Waals surface area contributed by atoms with Gasteiger partial charge in [0.25, 0.3) is 5.89 Å². The van der Waals surface area contributed by atoms with E-state index in [0.717, 1.165) is 8.66 Å². The fourth-order valence-corrected chi connectivity index (χ4v) is 2.98. The van der Waals surface area contributed by atoms with Crippen LogP contribution in [0.25, 0.3) is 10.8 Å². The van der Waals surface area contributed by atoms with Gasteiger partial charge < -0.3 is 9.52 Å². The van der Waals surface area contributed by atoms with Crippen LogP contribution in [-0.4, -0.2) is 39.4 Å². The van der Waals surface area contributed by atoms with Crippen LogP contribution < -0.4 is 0 Å². The van der Waals surface area contributed by atoms with Gasteiger partial charge in [-0.1, -0.05) is 0 Å². The Labute approximate surface area is 124 Å². The Bertz CT molecular complexity index is 527. The molecule has 104 valence electrons. The second-order valence-electron chi connectivity index (χ2n) is 4.39. The highest BCUT2D eigenvalue weighted by Gasteiger charge is 2.15. The van der Waals surface area contributed by atoms with Crippen molar-refractivity contribution in [1.29, 1.82) is 0 Å². The van der Waals surface area contributed by atoms with Gasteiger partial charge >= 0.3 is 0 Å². The van der Waals surface area contributed by atoms with Crippen molar-refractivity contribution in [3.05, 3.63) is 21.8 Å². The normalized spacial score (nSPS) is 11.7. The minimum absolute atomic E-state index is 0.122. The number of hydrogen-bond donors (Lipinski definition) is 1. The Balaban J connectivity index is 2.08. The van der Waals surface area contributed by atoms with Crippen LogP contribution in [0.5, 0.6) is 0 Å². The molecule has 0 atom stereocenters. The van der Waals surface area contributed by atoms with Gasteiger partial charge in [0, 0.05) is 12.6 Å². The Morgan fingerprint density at radius 3 is 2.79 bits per heavy atom. The summed E-state index contributed by atoms with van der Waals surface area (Å²) < 4.78 is 6.69. The van der Waals surface area contributed by atoms with Crippen molar-refractivity contribution in [2.75, 3.05) is 13.2 Å². The summed E-state index contributed by atoms with van der Waals surface area (Å²) in [5.74, 6) is 1.11. The smallest absolute Gasteiger partial charge is 0.257 e. The lowest BCUT2D eigenvalue weighted by molar-refractivity contribution is 0.148. The molecular weight excluding hydrogens is 330 g/mol. The van der Waals surface area contributed by atoms with Gasteiger partial charge in [-0.15, -0.1) is 21.5 Å². The fourth-order valence-electron chi connectivity index (χ4n) is 1.67. The standard InChI is InChI=1S/C12H16BrN3O2S/c1-8(2)16(5-6-17)7-11-14-15-12(18-11)9-3-4-10(13)19-9/h3-4,8,17H,5-7H2,1-2H3. The molecule has 7 heteroatoms. The summed E-state index contributed by atoms with van der Waals surface area (Å²) in [6, 6.07) is 4.22. The van der Waals surface area contributed by atoms with Gasteiger partial charge in [-0.3, -0.25) is 4.90 Å². The first-order chi connectivity index (χ1) is 9.10. The molecule has 0 aliphatic rings. The van der Waals surface area contributed by atoms with Crippen LogP contribution in [-0.2, 0) is 6.54 Å². The topological polar surface area (TPSA) is 62.4 Å². The van der Waals surface area contributed by atoms with Gasteiger partial charge in [0.2, 0.25) is 5.89 Å². The van der Waals surface area contributed by atoms with E-state index in [2.05, 4.69) is 44.9 Å². The number of nitrogens with zero attached hydrogens (tertiary/aromatic N) is 3. The van der Waals surface area contributed by atoms with Crippen molar-refractivity contribution in [3.8, 4) is 10.8 Å². The zero-order valence-corrected chi connectivity index (χ0v) is 13.2. The van der Waals surface area contributed by atoms with E-state index in [0.29, 0.717) is 30.9 Å². The maximum Gasteiger partial charge on any atom is 0.257 e. The van der Waals surface area contributed by atoms with Crippen LogP contribution in [0.3, 0.4) is 0 Å². The van der Waals surface area contributed by atoms with E-state index in [-0.39, 0.29) is 6.61 Å². The van der Waals surface area contributed by atoms with E-state index in [1.807, 2.05) is 12.1 Å². The highest BCUT2D eigenvalue weighted by molar-refractivity contribution is 9.11. The molecule has 0 unspecified atom stereocenters. The lowest BCUT2D eigenvalue weighted by Gasteiger charge is -2.23. The van der Waals surface area contributed by atoms with Crippen LogP contribution in [0.1, 0.15) is 19.7 Å². The molecule has 0 saturated carbocycles. The third kappa shape index (κ3) is 3.85. The van der Waals surface area contributed by atoms with Gasteiger partial charge in [0.1, 0.15) is 0 Å². The summed E-state index contributed by atoms with van der Waals surface area (Å²) in [7, 11) is 0. The van der Waals surface area contributed by atoms with Crippen molar-refractivity contribution >= 4 is 27.3 Å². The Hall–Kier alpha value is -0.760. The Kier molecular flexibility index (Phi) is 5.09. The second-order valence-corrected chi connectivity index (χ2v) is 6.86. The van der Waals surface area contributed by atoms with Crippen molar-refractivity contribution in [1.82, 2.24) is 15.1 Å². The van der Waals surface area contributed by atoms with Crippen LogP contribution in [0.15, 0.2) is 20.3 Å². The second kappa shape index (κ2) is 6.60. The monoisotopic (exact) mass is 345 g/mol. The van der Waals surface area contributed by atoms with E-state index >= 15 is 0 Å². The first-order valence-electron chi connectivity index (χ1n) is 6.03. The summed E-state index contributed by atoms with van der Waals surface area (Å²) in [5, 5.41) is 17.2. The molecule has 0 bridgehead atoms. The van der Waals surface area contributed by atoms with E-state index in [9.17, 15) is 0 Å². The molecule has 1 N–H and O–H groups in total. The molecule has 2 heterocycles. The number of aliphatic hydroxyl groups is 1. The van der Waals surface area contributed by atoms with Crippen molar-refractivity contribution in [3.63, 3.8) is 0 Å². The predicted octanol–water partition coefficient (Wildman–Crippen LogP) is 2.76. The lowest BCUT2D eigenvalue weighted by atomic mass is 10.3. The molecule has 2 aromatic heterocycles. The zero-order valence-electron chi connectivity index (χ0n) is 10.8. The first kappa shape index (κ1) is 14.6. The molecule has 2 aromatic rings. The SMILES string of the molecule is CC(C)N(CCO)Cc1nnc(-c2ccc(Br)s2)o1. The molecular formula is C12H16BrN3O2S. The van der Waals surface area contributed by atoms with Gasteiger partial charge in [-0.2, -0.15) is 0 Å². The maximum absolute atomic E-state index is 9.04. The molecule has 0 saturated heterocycles. The van der Waals surface area contributed by atoms with Gasteiger partial charge in [0.15, 0.2) is 0 Å². The summed E-state index contributed by atoms with van der Waals surface area (Å²) in [6.45, 7) is 5.42. The Morgan fingerprint density at radius 1 is 1.42 bits per heavy atom. The molecule has 19 heavy (non-hydrogen) atoms. The molecule has 0 aliphatic heterocycles. The number of hydrogen-bond acceptors (Lipinski definition) is 6. The summed E-state index contributed by atoms with van der Waals surface area (Å²) in [6.07, 6.45) is 0. The molecule has 5 nitrogen and oxygen atoms in total. The first-order valence-corrected chi connectivity index (χ1v) is 7.64. The van der Waals surface area contributed by atoms with E-state index in [1.165, 1.54) is 0 Å². The average Bonchev–Trinajstić information content (AvgIpc) is 2.97. The van der Waals surface area contributed by atoms with Gasteiger partial charge in [-0.05, 0) is 41.9 Å². The molecule has 2 rings (SSSR count). The van der Waals surface area contributed by atoms with E-state index in [4.69, 9.17) is 9.52 Å². The van der Waals surface area contributed by atoms with E-state index < -0.39 is 0 Å². The third-order valence-corrected chi connectivity index (χ3v) is 4.32. The fraction of sp³-hybridized carbons (Fsp3) is 0.500. The van der Waals surface area contributed by atoms with Crippen molar-refractivity contribution in [2.45, 2.75) is 26.4 Å². The largest absolute Gasteiger partial charge is 0.419 e. The number of rotatable bonds is 6. The van der Waals surface area contributed by atoms with Gasteiger partial charge in [0.05, 0.1) is 21.8 Å². The lowest BCUT2D eigenvalue weighted by Crippen LogP contribution is -2.33. The molecule has 0 aliphatic carbocycles. The number of halogens is 1. The van der Waals surface area contributed by atoms with Crippen molar-refractivity contribution in [2.24, 2.45) is 0 Å². The highest BCUT2D eigenvalue weighted by atomic mass is 79.9. The van der Waals surface area contributed by atoms with Crippen LogP contribution in [0.4, 0.5) is 0 Å². The zero-order chi connectivity index (χ0) is 13.8. The summed E-state index contributed by atoms with van der Waals surface area (Å²) in [4.78, 5) is 3.03. The molecule has 0 amide bonds. The minimum Gasteiger partial charge on any atom is -0.419 e. The summed E-state index contributed by atoms with van der Waals surface area (Å²) in [5.41, 5.74) is 0. The number of aromatic nitrogens is 2. The quantitative estimate of drug-likeness (QED) is 0.872. The molecule has 0 aromatic carbocycles. The molecule has 0 radical (unpaired) electrons. The highest BCUT2D eigenvalue weighted by Crippen LogP contribution is 2.30. The van der Waals surface area contributed by atoms with Crippen LogP contribution in [0, 0.1) is 0 Å². The average molecular weight is 346 g/mol. The van der Waals surface area contributed by atoms with Crippen LogP contribution >= 0.6 is 27.3 Å². The van der Waals surface area contributed by atoms with Gasteiger partial charge in [-0.25, -0.2) is 0 Å².